The number of ketones is 3. The van der Waals surface area contributed by atoms with Crippen LogP contribution in [0.5, 0.6) is 5.75 Å². The van der Waals surface area contributed by atoms with Gasteiger partial charge in [0.25, 0.3) is 5.91 Å². The number of phenolic OH excluding ortho intramolecular Hbond substituents is 1. The lowest BCUT2D eigenvalue weighted by molar-refractivity contribution is -0.167. The van der Waals surface area contributed by atoms with Gasteiger partial charge in [-0.2, -0.15) is 0 Å². The SMILES string of the molecule is CCOC(=O)COC1=C(C(N)=O)C(=O)[C@@]2(O)C(=O)C3C(=O)c4c(O)ccc(I)c4C[C@H]3C[C@H]2C1. The molecule has 0 heterocycles. The van der Waals surface area contributed by atoms with Crippen molar-refractivity contribution in [2.24, 2.45) is 23.5 Å². The fourth-order valence-corrected chi connectivity index (χ4v) is 5.93. The zero-order valence-corrected chi connectivity index (χ0v) is 20.3. The van der Waals surface area contributed by atoms with Crippen molar-refractivity contribution in [2.75, 3.05) is 13.2 Å². The summed E-state index contributed by atoms with van der Waals surface area (Å²) in [5.74, 6) is -8.21. The molecule has 4 atom stereocenters. The molecule has 11 heteroatoms. The molecule has 1 aromatic rings. The highest BCUT2D eigenvalue weighted by Gasteiger charge is 2.64. The lowest BCUT2D eigenvalue weighted by Gasteiger charge is -2.48. The van der Waals surface area contributed by atoms with Gasteiger partial charge >= 0.3 is 5.97 Å². The largest absolute Gasteiger partial charge is 0.507 e. The zero-order chi connectivity index (χ0) is 24.9. The van der Waals surface area contributed by atoms with Crippen LogP contribution < -0.4 is 5.73 Å². The Bertz CT molecular complexity index is 1170. The lowest BCUT2D eigenvalue weighted by Crippen LogP contribution is -2.65. The molecule has 3 aliphatic carbocycles. The van der Waals surface area contributed by atoms with Crippen LogP contribution in [-0.2, 0) is 35.1 Å². The Morgan fingerprint density at radius 1 is 1.24 bits per heavy atom. The van der Waals surface area contributed by atoms with Crippen molar-refractivity contribution in [3.05, 3.63) is 38.2 Å². The minimum Gasteiger partial charge on any atom is -0.507 e. The van der Waals surface area contributed by atoms with Gasteiger partial charge < -0.3 is 25.4 Å². The van der Waals surface area contributed by atoms with E-state index in [0.717, 1.165) is 3.57 Å². The number of halogens is 1. The number of phenols is 1. The van der Waals surface area contributed by atoms with Crippen LogP contribution in [0.2, 0.25) is 0 Å². The van der Waals surface area contributed by atoms with E-state index in [1.165, 1.54) is 6.07 Å². The topological polar surface area (TPSA) is 170 Å². The first-order valence-corrected chi connectivity index (χ1v) is 11.8. The molecular weight excluding hydrogens is 561 g/mol. The summed E-state index contributed by atoms with van der Waals surface area (Å²) in [7, 11) is 0. The summed E-state index contributed by atoms with van der Waals surface area (Å²) in [6, 6.07) is 3.02. The predicted octanol–water partition coefficient (Wildman–Crippen LogP) is 0.580. The highest BCUT2D eigenvalue weighted by molar-refractivity contribution is 14.1. The van der Waals surface area contributed by atoms with Crippen LogP contribution in [0.25, 0.3) is 0 Å². The van der Waals surface area contributed by atoms with Gasteiger partial charge in [0, 0.05) is 15.9 Å². The summed E-state index contributed by atoms with van der Waals surface area (Å²) in [5.41, 5.74) is 2.62. The van der Waals surface area contributed by atoms with Crippen LogP contribution in [0.3, 0.4) is 0 Å². The number of rotatable bonds is 5. The van der Waals surface area contributed by atoms with Crippen LogP contribution in [0.15, 0.2) is 23.5 Å². The minimum atomic E-state index is -2.65. The first-order valence-electron chi connectivity index (χ1n) is 10.7. The summed E-state index contributed by atoms with van der Waals surface area (Å²) >= 11 is 2.04. The van der Waals surface area contributed by atoms with E-state index in [2.05, 4.69) is 0 Å². The molecule has 4 rings (SSSR count). The molecule has 0 spiro atoms. The quantitative estimate of drug-likeness (QED) is 0.194. The molecule has 180 valence electrons. The number of aliphatic hydroxyl groups is 1. The number of carbonyl (C=O) groups excluding carboxylic acids is 5. The van der Waals surface area contributed by atoms with Crippen molar-refractivity contribution < 1.29 is 43.7 Å². The second-order valence-corrected chi connectivity index (χ2v) is 9.74. The molecule has 3 aliphatic rings. The van der Waals surface area contributed by atoms with Crippen LogP contribution in [0.4, 0.5) is 0 Å². The molecule has 10 nitrogen and oxygen atoms in total. The number of benzene rings is 1. The Morgan fingerprint density at radius 2 is 1.94 bits per heavy atom. The van der Waals surface area contributed by atoms with E-state index in [0.29, 0.717) is 5.56 Å². The van der Waals surface area contributed by atoms with Crippen molar-refractivity contribution >= 4 is 51.8 Å². The number of hydrogen-bond donors (Lipinski definition) is 3. The van der Waals surface area contributed by atoms with E-state index in [4.69, 9.17) is 15.2 Å². The van der Waals surface area contributed by atoms with Crippen molar-refractivity contribution in [2.45, 2.75) is 31.8 Å². The minimum absolute atomic E-state index is 0.0101. The number of allylic oxidation sites excluding steroid dienone is 1. The number of amides is 1. The summed E-state index contributed by atoms with van der Waals surface area (Å²) < 4.78 is 10.9. The number of nitrogens with two attached hydrogens (primary N) is 1. The van der Waals surface area contributed by atoms with Crippen molar-refractivity contribution in [3.63, 3.8) is 0 Å². The van der Waals surface area contributed by atoms with Gasteiger partial charge in [0.15, 0.2) is 23.8 Å². The molecule has 0 saturated heterocycles. The van der Waals surface area contributed by atoms with E-state index in [-0.39, 0.29) is 42.9 Å². The number of carbonyl (C=O) groups is 5. The van der Waals surface area contributed by atoms with Crippen LogP contribution in [0.1, 0.15) is 35.7 Å². The molecular formula is C23H22INO9. The zero-order valence-electron chi connectivity index (χ0n) is 18.1. The number of aromatic hydroxyl groups is 1. The highest BCUT2D eigenvalue weighted by Crippen LogP contribution is 2.51. The molecule has 4 N–H and O–H groups in total. The monoisotopic (exact) mass is 583 g/mol. The molecule has 1 unspecified atom stereocenters. The fourth-order valence-electron chi connectivity index (χ4n) is 5.26. The third-order valence-corrected chi connectivity index (χ3v) is 7.75. The van der Waals surface area contributed by atoms with Gasteiger partial charge in [-0.3, -0.25) is 19.2 Å². The number of Topliss-reactive ketones (excluding diaryl/α,β-unsaturated/α-hetero) is 3. The van der Waals surface area contributed by atoms with Gasteiger partial charge in [0.05, 0.1) is 18.1 Å². The van der Waals surface area contributed by atoms with Crippen molar-refractivity contribution in [1.82, 2.24) is 0 Å². The maximum Gasteiger partial charge on any atom is 0.344 e. The van der Waals surface area contributed by atoms with Crippen LogP contribution >= 0.6 is 22.6 Å². The standard InChI is InChI=1S/C23H22INO9/c1-2-33-15(27)8-34-14-7-10-5-9-6-11-12(24)3-4-13(26)17(11)19(28)16(9)20(29)23(10,32)21(30)18(14)22(25)31/h3-4,9-10,16,26,32H,2,5-8H2,1H3,(H2,25,31)/t9-,10+,16?,23+/m1/s1. The molecule has 34 heavy (non-hydrogen) atoms. The first kappa shape index (κ1) is 24.3. The van der Waals surface area contributed by atoms with Gasteiger partial charge in [0.1, 0.15) is 17.1 Å². The molecule has 1 fully saturated rings. The lowest BCUT2D eigenvalue weighted by atomic mass is 9.55. The summed E-state index contributed by atoms with van der Waals surface area (Å²) in [5, 5.41) is 21.6. The van der Waals surface area contributed by atoms with Gasteiger partial charge in [-0.1, -0.05) is 0 Å². The predicted molar refractivity (Wildman–Crippen MR) is 122 cm³/mol. The summed E-state index contributed by atoms with van der Waals surface area (Å²) in [6.07, 6.45) is 0.192. The average molecular weight is 583 g/mol. The summed E-state index contributed by atoms with van der Waals surface area (Å²) in [4.78, 5) is 63.9. The Morgan fingerprint density at radius 3 is 2.59 bits per heavy atom. The average Bonchev–Trinajstić information content (AvgIpc) is 2.77. The Hall–Kier alpha value is -2.80. The molecule has 0 aromatic heterocycles. The third-order valence-electron chi connectivity index (χ3n) is 6.74. The Labute approximate surface area is 207 Å². The summed E-state index contributed by atoms with van der Waals surface area (Å²) in [6.45, 7) is 1.12. The first-order chi connectivity index (χ1) is 16.0. The van der Waals surface area contributed by atoms with E-state index < -0.39 is 64.8 Å². The normalized spacial score (nSPS) is 28.1. The van der Waals surface area contributed by atoms with Crippen molar-refractivity contribution in [3.8, 4) is 5.75 Å². The number of esters is 1. The van der Waals surface area contributed by atoms with Crippen molar-refractivity contribution in [1.29, 1.82) is 0 Å². The Kier molecular flexibility index (Phi) is 6.27. The van der Waals surface area contributed by atoms with Crippen LogP contribution in [-0.4, -0.2) is 58.3 Å². The van der Waals surface area contributed by atoms with E-state index in [9.17, 15) is 34.2 Å². The van der Waals surface area contributed by atoms with E-state index >= 15 is 0 Å². The third kappa shape index (κ3) is 3.61. The maximum atomic E-state index is 13.5. The van der Waals surface area contributed by atoms with E-state index in [1.54, 1.807) is 13.0 Å². The Balaban J connectivity index is 1.74. The van der Waals surface area contributed by atoms with Crippen LogP contribution in [0, 0.1) is 21.3 Å². The molecule has 1 saturated carbocycles. The highest BCUT2D eigenvalue weighted by atomic mass is 127. The second kappa shape index (κ2) is 8.77. The molecule has 1 amide bonds. The fraction of sp³-hybridized carbons (Fsp3) is 0.435. The molecule has 1 aromatic carbocycles. The number of fused-ring (bicyclic) bond motifs is 3. The molecule has 0 aliphatic heterocycles. The number of ether oxygens (including phenoxy) is 2. The molecule has 0 radical (unpaired) electrons. The van der Waals surface area contributed by atoms with Gasteiger partial charge in [-0.15, -0.1) is 0 Å². The molecule has 0 bridgehead atoms. The number of primary amides is 1. The smallest absolute Gasteiger partial charge is 0.344 e. The number of hydrogen-bond acceptors (Lipinski definition) is 9. The maximum absolute atomic E-state index is 13.5. The van der Waals surface area contributed by atoms with Gasteiger partial charge in [0.2, 0.25) is 5.78 Å². The van der Waals surface area contributed by atoms with Gasteiger partial charge in [-0.25, -0.2) is 4.79 Å². The van der Waals surface area contributed by atoms with E-state index in [1.807, 2.05) is 22.6 Å². The van der Waals surface area contributed by atoms with Gasteiger partial charge in [-0.05, 0) is 66.0 Å². The second-order valence-electron chi connectivity index (χ2n) is 8.58.